The van der Waals surface area contributed by atoms with Crippen molar-refractivity contribution in [2.24, 2.45) is 5.92 Å². The van der Waals surface area contributed by atoms with Crippen LogP contribution in [-0.4, -0.2) is 38.9 Å². The predicted octanol–water partition coefficient (Wildman–Crippen LogP) is 3.10. The summed E-state index contributed by atoms with van der Waals surface area (Å²) < 4.78 is 0. The number of rotatable bonds is 2. The van der Waals surface area contributed by atoms with Crippen molar-refractivity contribution in [3.8, 4) is 5.69 Å². The summed E-state index contributed by atoms with van der Waals surface area (Å²) in [6.07, 6.45) is 2.10. The number of benzene rings is 1. The smallest absolute Gasteiger partial charge is 0.276 e. The minimum absolute atomic E-state index is 0.0235. The van der Waals surface area contributed by atoms with E-state index in [1.54, 1.807) is 12.1 Å². The number of halogens is 1. The van der Waals surface area contributed by atoms with Crippen LogP contribution in [0.25, 0.3) is 5.69 Å². The van der Waals surface area contributed by atoms with E-state index < -0.39 is 0 Å². The van der Waals surface area contributed by atoms with Crippen molar-refractivity contribution < 1.29 is 4.79 Å². The molecule has 2 aromatic rings. The quantitative estimate of drug-likeness (QED) is 0.855. The Hall–Kier alpha value is -1.88. The summed E-state index contributed by atoms with van der Waals surface area (Å²) in [6, 6.07) is 7.23. The van der Waals surface area contributed by atoms with Gasteiger partial charge in [0.1, 0.15) is 0 Å². The SMILES string of the molecule is Cc1nn(-c2ccc(Cl)cc2)nc1C(=O)N1CCC(C)CC1. The number of aromatic nitrogens is 3. The number of piperidine rings is 1. The van der Waals surface area contributed by atoms with Crippen LogP contribution in [0.2, 0.25) is 5.02 Å². The second kappa shape index (κ2) is 6.08. The third-order valence-electron chi connectivity index (χ3n) is 4.11. The Balaban J connectivity index is 1.83. The Morgan fingerprint density at radius 1 is 1.18 bits per heavy atom. The molecule has 3 rings (SSSR count). The molecule has 1 aliphatic heterocycles. The summed E-state index contributed by atoms with van der Waals surface area (Å²) in [5, 5.41) is 9.39. The third kappa shape index (κ3) is 2.99. The highest BCUT2D eigenvalue weighted by molar-refractivity contribution is 6.30. The van der Waals surface area contributed by atoms with Crippen LogP contribution in [0.3, 0.4) is 0 Å². The van der Waals surface area contributed by atoms with Gasteiger partial charge in [0.25, 0.3) is 5.91 Å². The van der Waals surface area contributed by atoms with Gasteiger partial charge in [0.15, 0.2) is 5.69 Å². The van der Waals surface area contributed by atoms with Crippen LogP contribution in [0.4, 0.5) is 0 Å². The molecule has 0 spiro atoms. The van der Waals surface area contributed by atoms with Crippen LogP contribution < -0.4 is 0 Å². The van der Waals surface area contributed by atoms with Gasteiger partial charge in [0, 0.05) is 18.1 Å². The normalized spacial score (nSPS) is 16.0. The van der Waals surface area contributed by atoms with Crippen molar-refractivity contribution in [2.45, 2.75) is 26.7 Å². The molecular formula is C16H19ClN4O. The Labute approximate surface area is 134 Å². The maximum atomic E-state index is 12.6. The highest BCUT2D eigenvalue weighted by Gasteiger charge is 2.25. The second-order valence-electron chi connectivity index (χ2n) is 5.87. The zero-order valence-corrected chi connectivity index (χ0v) is 13.5. The minimum Gasteiger partial charge on any atom is -0.337 e. The van der Waals surface area contributed by atoms with Gasteiger partial charge in [-0.1, -0.05) is 18.5 Å². The van der Waals surface area contributed by atoms with E-state index in [-0.39, 0.29) is 5.91 Å². The lowest BCUT2D eigenvalue weighted by Gasteiger charge is -2.29. The zero-order valence-electron chi connectivity index (χ0n) is 12.8. The molecule has 116 valence electrons. The van der Waals surface area contributed by atoms with E-state index in [1.165, 1.54) is 4.80 Å². The first-order valence-corrected chi connectivity index (χ1v) is 7.91. The van der Waals surface area contributed by atoms with E-state index in [1.807, 2.05) is 24.0 Å². The Morgan fingerprint density at radius 2 is 1.82 bits per heavy atom. The number of hydrogen-bond donors (Lipinski definition) is 0. The molecule has 1 fully saturated rings. The molecule has 1 aromatic carbocycles. The summed E-state index contributed by atoms with van der Waals surface area (Å²) in [4.78, 5) is 16.0. The highest BCUT2D eigenvalue weighted by Crippen LogP contribution is 2.19. The van der Waals surface area contributed by atoms with E-state index in [4.69, 9.17) is 11.6 Å². The van der Waals surface area contributed by atoms with E-state index in [0.29, 0.717) is 22.3 Å². The molecule has 0 N–H and O–H groups in total. The molecule has 1 saturated heterocycles. The molecule has 1 aromatic heterocycles. The average molecular weight is 319 g/mol. The minimum atomic E-state index is -0.0235. The molecule has 0 bridgehead atoms. The number of aryl methyl sites for hydroxylation is 1. The lowest BCUT2D eigenvalue weighted by Crippen LogP contribution is -2.38. The van der Waals surface area contributed by atoms with Gasteiger partial charge in [-0.25, -0.2) is 0 Å². The molecule has 0 unspecified atom stereocenters. The summed E-state index contributed by atoms with van der Waals surface area (Å²) in [5.41, 5.74) is 1.88. The van der Waals surface area contributed by atoms with Crippen LogP contribution in [0, 0.1) is 12.8 Å². The van der Waals surface area contributed by atoms with Gasteiger partial charge < -0.3 is 4.90 Å². The van der Waals surface area contributed by atoms with Crippen molar-refractivity contribution in [3.05, 3.63) is 40.7 Å². The summed E-state index contributed by atoms with van der Waals surface area (Å²) in [5.74, 6) is 0.666. The number of hydrogen-bond acceptors (Lipinski definition) is 3. The molecule has 0 radical (unpaired) electrons. The molecule has 1 aliphatic rings. The van der Waals surface area contributed by atoms with Crippen LogP contribution in [0.5, 0.6) is 0 Å². The maximum absolute atomic E-state index is 12.6. The maximum Gasteiger partial charge on any atom is 0.276 e. The fraction of sp³-hybridized carbons (Fsp3) is 0.438. The van der Waals surface area contributed by atoms with E-state index in [2.05, 4.69) is 17.1 Å². The summed E-state index contributed by atoms with van der Waals surface area (Å²) in [6.45, 7) is 5.64. The number of likely N-dealkylation sites (tertiary alicyclic amines) is 1. The average Bonchev–Trinajstić information content (AvgIpc) is 2.90. The monoisotopic (exact) mass is 318 g/mol. The van der Waals surface area contributed by atoms with Crippen molar-refractivity contribution in [1.82, 2.24) is 19.9 Å². The van der Waals surface area contributed by atoms with Gasteiger partial charge in [0.05, 0.1) is 11.4 Å². The predicted molar refractivity (Wildman–Crippen MR) is 85.4 cm³/mol. The van der Waals surface area contributed by atoms with Gasteiger partial charge in [-0.2, -0.15) is 9.90 Å². The molecular weight excluding hydrogens is 300 g/mol. The fourth-order valence-electron chi connectivity index (χ4n) is 2.63. The molecule has 22 heavy (non-hydrogen) atoms. The van der Waals surface area contributed by atoms with Crippen LogP contribution in [0.1, 0.15) is 35.9 Å². The Kier molecular flexibility index (Phi) is 4.16. The van der Waals surface area contributed by atoms with Crippen molar-refractivity contribution >= 4 is 17.5 Å². The van der Waals surface area contributed by atoms with Crippen molar-refractivity contribution in [1.29, 1.82) is 0 Å². The van der Waals surface area contributed by atoms with E-state index in [9.17, 15) is 4.79 Å². The Morgan fingerprint density at radius 3 is 2.45 bits per heavy atom. The van der Waals surface area contributed by atoms with Gasteiger partial charge in [-0.15, -0.1) is 5.10 Å². The summed E-state index contributed by atoms with van der Waals surface area (Å²) >= 11 is 5.89. The topological polar surface area (TPSA) is 51.0 Å². The molecule has 2 heterocycles. The highest BCUT2D eigenvalue weighted by atomic mass is 35.5. The van der Waals surface area contributed by atoms with Gasteiger partial charge in [-0.05, 0) is 49.9 Å². The molecule has 0 atom stereocenters. The first kappa shape index (κ1) is 15.0. The number of nitrogens with zero attached hydrogens (tertiary/aromatic N) is 4. The lowest BCUT2D eigenvalue weighted by atomic mass is 9.99. The number of carbonyl (C=O) groups excluding carboxylic acids is 1. The lowest BCUT2D eigenvalue weighted by molar-refractivity contribution is 0.0690. The molecule has 0 aliphatic carbocycles. The molecule has 6 heteroatoms. The van der Waals surface area contributed by atoms with Crippen molar-refractivity contribution in [2.75, 3.05) is 13.1 Å². The second-order valence-corrected chi connectivity index (χ2v) is 6.31. The van der Waals surface area contributed by atoms with Crippen LogP contribution >= 0.6 is 11.6 Å². The fourth-order valence-corrected chi connectivity index (χ4v) is 2.75. The largest absolute Gasteiger partial charge is 0.337 e. The first-order valence-electron chi connectivity index (χ1n) is 7.54. The number of carbonyl (C=O) groups is 1. The first-order chi connectivity index (χ1) is 10.5. The Bertz CT molecular complexity index is 672. The van der Waals surface area contributed by atoms with Crippen LogP contribution in [0.15, 0.2) is 24.3 Å². The zero-order chi connectivity index (χ0) is 15.7. The standard InChI is InChI=1S/C16H19ClN4O/c1-11-7-9-20(10-8-11)16(22)15-12(2)18-21(19-15)14-5-3-13(17)4-6-14/h3-6,11H,7-10H2,1-2H3. The van der Waals surface area contributed by atoms with E-state index >= 15 is 0 Å². The molecule has 1 amide bonds. The number of amides is 1. The summed E-state index contributed by atoms with van der Waals surface area (Å²) in [7, 11) is 0. The molecule has 5 nitrogen and oxygen atoms in total. The van der Waals surface area contributed by atoms with Crippen LogP contribution in [-0.2, 0) is 0 Å². The van der Waals surface area contributed by atoms with Gasteiger partial charge in [0.2, 0.25) is 0 Å². The third-order valence-corrected chi connectivity index (χ3v) is 4.37. The van der Waals surface area contributed by atoms with Gasteiger partial charge >= 0.3 is 0 Å². The van der Waals surface area contributed by atoms with Gasteiger partial charge in [-0.3, -0.25) is 4.79 Å². The van der Waals surface area contributed by atoms with Crippen molar-refractivity contribution in [3.63, 3.8) is 0 Å². The molecule has 0 saturated carbocycles. The van der Waals surface area contributed by atoms with E-state index in [0.717, 1.165) is 31.6 Å².